The Labute approximate surface area is 167 Å². The van der Waals surface area contributed by atoms with E-state index in [1.807, 2.05) is 18.2 Å². The molecule has 1 amide bonds. The third-order valence-corrected chi connectivity index (χ3v) is 4.36. The van der Waals surface area contributed by atoms with E-state index in [2.05, 4.69) is 27.4 Å². The number of nitrogens with one attached hydrogen (secondary N) is 2. The minimum Gasteiger partial charge on any atom is -0.366 e. The number of amides is 1. The molecule has 1 heterocycles. The van der Waals surface area contributed by atoms with Crippen molar-refractivity contribution in [3.8, 4) is 0 Å². The van der Waals surface area contributed by atoms with E-state index in [9.17, 15) is 4.79 Å². The number of nitrogens with two attached hydrogens (primary N) is 1. The van der Waals surface area contributed by atoms with Crippen LogP contribution in [-0.2, 0) is 6.54 Å². The van der Waals surface area contributed by atoms with Gasteiger partial charge in [-0.3, -0.25) is 9.79 Å². The number of aliphatic imine (C=N–C) groups is 1. The first-order chi connectivity index (χ1) is 11.6. The first-order valence-corrected chi connectivity index (χ1v) is 8.70. The van der Waals surface area contributed by atoms with Gasteiger partial charge in [-0.25, -0.2) is 0 Å². The summed E-state index contributed by atoms with van der Waals surface area (Å²) in [5.74, 6) is 0.395. The molecule has 1 aliphatic heterocycles. The van der Waals surface area contributed by atoms with E-state index >= 15 is 0 Å². The minimum atomic E-state index is -0.404. The highest BCUT2D eigenvalue weighted by molar-refractivity contribution is 14.0. The highest BCUT2D eigenvalue weighted by Crippen LogP contribution is 2.10. The number of guanidine groups is 1. The first-order valence-electron chi connectivity index (χ1n) is 8.70. The molecule has 1 saturated heterocycles. The van der Waals surface area contributed by atoms with Gasteiger partial charge in [-0.2, -0.15) is 0 Å². The van der Waals surface area contributed by atoms with Crippen LogP contribution < -0.4 is 16.4 Å². The number of carbonyl (C=O) groups is 1. The Morgan fingerprint density at radius 1 is 1.36 bits per heavy atom. The van der Waals surface area contributed by atoms with Crippen molar-refractivity contribution in [1.29, 1.82) is 0 Å². The van der Waals surface area contributed by atoms with Crippen molar-refractivity contribution in [2.24, 2.45) is 10.7 Å². The van der Waals surface area contributed by atoms with E-state index in [-0.39, 0.29) is 24.0 Å². The van der Waals surface area contributed by atoms with Crippen LogP contribution in [0.5, 0.6) is 0 Å². The monoisotopic (exact) mass is 459 g/mol. The molecule has 140 valence electrons. The maximum absolute atomic E-state index is 11.2. The third kappa shape index (κ3) is 7.19. The molecule has 0 bridgehead atoms. The Morgan fingerprint density at radius 3 is 2.68 bits per heavy atom. The summed E-state index contributed by atoms with van der Waals surface area (Å²) in [5.41, 5.74) is 6.86. The van der Waals surface area contributed by atoms with E-state index in [1.165, 1.54) is 13.0 Å². The zero-order valence-corrected chi connectivity index (χ0v) is 17.5. The number of halogens is 1. The van der Waals surface area contributed by atoms with Crippen molar-refractivity contribution in [2.75, 3.05) is 26.7 Å². The van der Waals surface area contributed by atoms with Crippen molar-refractivity contribution < 1.29 is 4.79 Å². The fraction of sp³-hybridized carbons (Fsp3) is 0.556. The van der Waals surface area contributed by atoms with E-state index in [0.29, 0.717) is 18.2 Å². The average molecular weight is 459 g/mol. The van der Waals surface area contributed by atoms with Crippen molar-refractivity contribution in [1.82, 2.24) is 15.5 Å². The van der Waals surface area contributed by atoms with Crippen LogP contribution in [-0.4, -0.2) is 49.5 Å². The van der Waals surface area contributed by atoms with Crippen molar-refractivity contribution in [3.63, 3.8) is 0 Å². The summed E-state index contributed by atoms with van der Waals surface area (Å²) in [4.78, 5) is 18.1. The molecule has 0 saturated carbocycles. The molecular weight excluding hydrogens is 429 g/mol. The molecule has 0 radical (unpaired) electrons. The fourth-order valence-electron chi connectivity index (χ4n) is 3.03. The molecule has 0 unspecified atom stereocenters. The lowest BCUT2D eigenvalue weighted by Gasteiger charge is -2.32. The number of primary amides is 1. The molecular formula is C18H30IN5O. The molecule has 4 N–H and O–H groups in total. The third-order valence-electron chi connectivity index (χ3n) is 4.36. The lowest BCUT2D eigenvalue weighted by Crippen LogP contribution is -2.48. The van der Waals surface area contributed by atoms with E-state index in [1.54, 1.807) is 13.1 Å². The first kappa shape index (κ1) is 21.7. The summed E-state index contributed by atoms with van der Waals surface area (Å²) in [6, 6.07) is 7.81. The molecule has 0 aromatic heterocycles. The van der Waals surface area contributed by atoms with Crippen LogP contribution in [0.15, 0.2) is 29.3 Å². The topological polar surface area (TPSA) is 82.8 Å². The molecule has 7 heteroatoms. The number of rotatable bonds is 6. The van der Waals surface area contributed by atoms with Gasteiger partial charge in [0.25, 0.3) is 0 Å². The summed E-state index contributed by atoms with van der Waals surface area (Å²) in [5, 5.41) is 6.81. The maximum atomic E-state index is 11.2. The molecule has 0 atom stereocenters. The number of hydrogen-bond acceptors (Lipinski definition) is 3. The quantitative estimate of drug-likeness (QED) is 0.345. The predicted octanol–water partition coefficient (Wildman–Crippen LogP) is 1.94. The molecule has 2 rings (SSSR count). The van der Waals surface area contributed by atoms with Gasteiger partial charge in [0.1, 0.15) is 0 Å². The van der Waals surface area contributed by atoms with E-state index < -0.39 is 5.91 Å². The zero-order chi connectivity index (χ0) is 17.4. The molecule has 0 spiro atoms. The van der Waals surface area contributed by atoms with Gasteiger partial charge < -0.3 is 21.3 Å². The summed E-state index contributed by atoms with van der Waals surface area (Å²) in [7, 11) is 1.78. The van der Waals surface area contributed by atoms with Gasteiger partial charge >= 0.3 is 0 Å². The SMILES string of the molecule is CCCN1CCC(NC(=NC)NCc2cccc(C(N)=O)c2)CC1.I. The van der Waals surface area contributed by atoms with Crippen molar-refractivity contribution >= 4 is 35.8 Å². The molecule has 0 aliphatic carbocycles. The summed E-state index contributed by atoms with van der Waals surface area (Å²) in [6.07, 6.45) is 3.49. The van der Waals surface area contributed by atoms with Crippen LogP contribution in [0.2, 0.25) is 0 Å². The van der Waals surface area contributed by atoms with Crippen molar-refractivity contribution in [2.45, 2.75) is 38.8 Å². The molecule has 6 nitrogen and oxygen atoms in total. The molecule has 1 aliphatic rings. The Hall–Kier alpha value is -1.35. The number of nitrogens with zero attached hydrogens (tertiary/aromatic N) is 2. The molecule has 1 fully saturated rings. The smallest absolute Gasteiger partial charge is 0.248 e. The molecule has 25 heavy (non-hydrogen) atoms. The second kappa shape index (κ2) is 11.3. The highest BCUT2D eigenvalue weighted by atomic mass is 127. The van der Waals surface area contributed by atoms with Gasteiger partial charge in [0.05, 0.1) is 0 Å². The highest BCUT2D eigenvalue weighted by Gasteiger charge is 2.19. The second-order valence-corrected chi connectivity index (χ2v) is 6.25. The number of benzene rings is 1. The Kier molecular flexibility index (Phi) is 9.81. The fourth-order valence-corrected chi connectivity index (χ4v) is 3.03. The Morgan fingerprint density at radius 2 is 2.08 bits per heavy atom. The maximum Gasteiger partial charge on any atom is 0.248 e. The Balaban J connectivity index is 0.00000312. The minimum absolute atomic E-state index is 0. The van der Waals surface area contributed by atoms with Crippen LogP contribution in [0, 0.1) is 0 Å². The van der Waals surface area contributed by atoms with Crippen molar-refractivity contribution in [3.05, 3.63) is 35.4 Å². The van der Waals surface area contributed by atoms with Crippen LogP contribution in [0.25, 0.3) is 0 Å². The standard InChI is InChI=1S/C18H29N5O.HI/c1-3-9-23-10-7-16(8-11-23)22-18(20-2)21-13-14-5-4-6-15(12-14)17(19)24;/h4-6,12,16H,3,7-11,13H2,1-2H3,(H2,19,24)(H2,20,21,22);1H. The summed E-state index contributed by atoms with van der Waals surface area (Å²) >= 11 is 0. The second-order valence-electron chi connectivity index (χ2n) is 6.25. The van der Waals surface area contributed by atoms with Gasteiger partial charge in [0.15, 0.2) is 5.96 Å². The van der Waals surface area contributed by atoms with Crippen LogP contribution in [0.1, 0.15) is 42.1 Å². The number of piperidine rings is 1. The van der Waals surface area contributed by atoms with Gasteiger partial charge in [-0.15, -0.1) is 24.0 Å². The van der Waals surface area contributed by atoms with Gasteiger partial charge in [-0.05, 0) is 43.5 Å². The molecule has 1 aromatic carbocycles. The van der Waals surface area contributed by atoms with Crippen LogP contribution >= 0.6 is 24.0 Å². The normalized spacial score (nSPS) is 16.2. The van der Waals surface area contributed by atoms with E-state index in [4.69, 9.17) is 5.73 Å². The number of carbonyl (C=O) groups excluding carboxylic acids is 1. The van der Waals surface area contributed by atoms with Crippen LogP contribution in [0.3, 0.4) is 0 Å². The average Bonchev–Trinajstić information content (AvgIpc) is 2.60. The number of hydrogen-bond donors (Lipinski definition) is 3. The van der Waals surface area contributed by atoms with Gasteiger partial charge in [0.2, 0.25) is 5.91 Å². The largest absolute Gasteiger partial charge is 0.366 e. The van der Waals surface area contributed by atoms with Gasteiger partial charge in [0, 0.05) is 38.3 Å². The molecule has 1 aromatic rings. The Bertz CT molecular complexity index is 570. The predicted molar refractivity (Wildman–Crippen MR) is 113 cm³/mol. The lowest BCUT2D eigenvalue weighted by atomic mass is 10.1. The lowest BCUT2D eigenvalue weighted by molar-refractivity contribution is 0.1000. The zero-order valence-electron chi connectivity index (χ0n) is 15.1. The summed E-state index contributed by atoms with van der Waals surface area (Å²) < 4.78 is 0. The van der Waals surface area contributed by atoms with Crippen LogP contribution in [0.4, 0.5) is 0 Å². The summed E-state index contributed by atoms with van der Waals surface area (Å²) in [6.45, 7) is 6.31. The van der Waals surface area contributed by atoms with E-state index in [0.717, 1.165) is 37.5 Å². The number of likely N-dealkylation sites (tertiary alicyclic amines) is 1. The van der Waals surface area contributed by atoms with Gasteiger partial charge in [-0.1, -0.05) is 19.1 Å².